The molecule has 0 amide bonds. The van der Waals surface area contributed by atoms with Crippen LogP contribution >= 0.6 is 0 Å². The number of hydrogen-bond donors (Lipinski definition) is 2. The van der Waals surface area contributed by atoms with Gasteiger partial charge in [-0.1, -0.05) is 0 Å². The number of pyridine rings is 1. The average molecular weight is 294 g/mol. The summed E-state index contributed by atoms with van der Waals surface area (Å²) < 4.78 is 15.4. The van der Waals surface area contributed by atoms with Crippen molar-refractivity contribution in [1.82, 2.24) is 14.4 Å². The minimum atomic E-state index is -0.328. The van der Waals surface area contributed by atoms with E-state index in [1.54, 1.807) is 22.9 Å². The first-order chi connectivity index (χ1) is 10.7. The van der Waals surface area contributed by atoms with Crippen molar-refractivity contribution >= 4 is 28.7 Å². The zero-order valence-electron chi connectivity index (χ0n) is 11.4. The number of benzene rings is 1. The summed E-state index contributed by atoms with van der Waals surface area (Å²) in [5.74, 6) is -0.149. The quantitative estimate of drug-likeness (QED) is 0.558. The number of anilines is 1. The molecule has 3 N–H and O–H groups in total. The summed E-state index contributed by atoms with van der Waals surface area (Å²) in [5.41, 5.74) is 8.82. The number of imidazole rings is 1. The number of nitrogens with zero attached hydrogens (tertiary/aromatic N) is 2. The SMILES string of the molecule is Nc1nc2ccc(-c3cc(F)cc4[nH]ccc34)cn2c1C=O. The Morgan fingerprint density at radius 3 is 2.95 bits per heavy atom. The molecule has 108 valence electrons. The minimum Gasteiger partial charge on any atom is -0.382 e. The maximum Gasteiger partial charge on any atom is 0.170 e. The molecule has 0 fully saturated rings. The number of aromatic nitrogens is 3. The highest BCUT2D eigenvalue weighted by molar-refractivity contribution is 5.95. The van der Waals surface area contributed by atoms with Crippen LogP contribution < -0.4 is 5.73 Å². The second-order valence-electron chi connectivity index (χ2n) is 5.04. The fourth-order valence-corrected chi connectivity index (χ4v) is 2.73. The number of nitrogens with one attached hydrogen (secondary N) is 1. The van der Waals surface area contributed by atoms with E-state index in [2.05, 4.69) is 9.97 Å². The lowest BCUT2D eigenvalue weighted by Gasteiger charge is -2.06. The molecule has 5 nitrogen and oxygen atoms in total. The van der Waals surface area contributed by atoms with E-state index in [-0.39, 0.29) is 11.6 Å². The standard InChI is InChI=1S/C16H11FN4O/c17-10-5-12(11-3-4-19-13(11)6-10)9-1-2-15-20-16(18)14(8-22)21(15)7-9/h1-8,19H,18H2. The van der Waals surface area contributed by atoms with Gasteiger partial charge < -0.3 is 10.7 Å². The number of halogens is 1. The van der Waals surface area contributed by atoms with Gasteiger partial charge in [0.1, 0.15) is 17.2 Å². The topological polar surface area (TPSA) is 76.2 Å². The highest BCUT2D eigenvalue weighted by Crippen LogP contribution is 2.30. The number of rotatable bonds is 2. The number of aldehydes is 1. The summed E-state index contributed by atoms with van der Waals surface area (Å²) in [6.45, 7) is 0. The second kappa shape index (κ2) is 4.42. The van der Waals surface area contributed by atoms with Gasteiger partial charge >= 0.3 is 0 Å². The molecule has 0 radical (unpaired) electrons. The number of carbonyl (C=O) groups excluding carboxylic acids is 1. The van der Waals surface area contributed by atoms with E-state index in [9.17, 15) is 9.18 Å². The number of fused-ring (bicyclic) bond motifs is 2. The molecule has 6 heteroatoms. The van der Waals surface area contributed by atoms with Gasteiger partial charge in [-0.2, -0.15) is 0 Å². The van der Waals surface area contributed by atoms with E-state index < -0.39 is 0 Å². The molecule has 0 saturated carbocycles. The maximum absolute atomic E-state index is 13.8. The Morgan fingerprint density at radius 1 is 1.27 bits per heavy atom. The molecule has 3 heterocycles. The number of nitrogens with two attached hydrogens (primary N) is 1. The van der Waals surface area contributed by atoms with Crippen LogP contribution in [0, 0.1) is 5.82 Å². The Kier molecular flexibility index (Phi) is 2.53. The van der Waals surface area contributed by atoms with Gasteiger partial charge in [0, 0.05) is 23.3 Å². The number of H-pyrrole nitrogens is 1. The van der Waals surface area contributed by atoms with Crippen LogP contribution in [0.1, 0.15) is 10.5 Å². The number of carbonyl (C=O) groups is 1. The van der Waals surface area contributed by atoms with Crippen molar-refractivity contribution in [3.63, 3.8) is 0 Å². The molecule has 0 aliphatic heterocycles. The summed E-state index contributed by atoms with van der Waals surface area (Å²) in [7, 11) is 0. The van der Waals surface area contributed by atoms with Gasteiger partial charge in [0.25, 0.3) is 0 Å². The fraction of sp³-hybridized carbons (Fsp3) is 0. The van der Waals surface area contributed by atoms with Crippen LogP contribution in [0.15, 0.2) is 42.7 Å². The van der Waals surface area contributed by atoms with Gasteiger partial charge in [-0.25, -0.2) is 9.37 Å². The van der Waals surface area contributed by atoms with Crippen molar-refractivity contribution < 1.29 is 9.18 Å². The van der Waals surface area contributed by atoms with Gasteiger partial charge in [-0.3, -0.25) is 9.20 Å². The third-order valence-corrected chi connectivity index (χ3v) is 3.74. The zero-order chi connectivity index (χ0) is 15.3. The van der Waals surface area contributed by atoms with Crippen LogP contribution in [0.2, 0.25) is 0 Å². The van der Waals surface area contributed by atoms with Crippen molar-refractivity contribution in [1.29, 1.82) is 0 Å². The van der Waals surface area contributed by atoms with Crippen molar-refractivity contribution in [2.24, 2.45) is 0 Å². The highest BCUT2D eigenvalue weighted by atomic mass is 19.1. The summed E-state index contributed by atoms with van der Waals surface area (Å²) in [6, 6.07) is 8.39. The molecule has 4 rings (SSSR count). The van der Waals surface area contributed by atoms with E-state index in [0.29, 0.717) is 17.6 Å². The molecule has 0 saturated heterocycles. The zero-order valence-corrected chi connectivity index (χ0v) is 11.4. The molecule has 0 aliphatic rings. The normalized spacial score (nSPS) is 11.3. The van der Waals surface area contributed by atoms with Crippen molar-refractivity contribution in [3.8, 4) is 11.1 Å². The van der Waals surface area contributed by atoms with Gasteiger partial charge in [0.15, 0.2) is 12.1 Å². The Hall–Kier alpha value is -3.15. The number of aromatic amines is 1. The number of nitrogen functional groups attached to an aromatic ring is 1. The summed E-state index contributed by atoms with van der Waals surface area (Å²) in [4.78, 5) is 18.3. The maximum atomic E-state index is 13.8. The molecule has 0 atom stereocenters. The fourth-order valence-electron chi connectivity index (χ4n) is 2.73. The Labute approximate surface area is 124 Å². The van der Waals surface area contributed by atoms with E-state index in [1.807, 2.05) is 12.1 Å². The van der Waals surface area contributed by atoms with Crippen LogP contribution in [0.4, 0.5) is 10.2 Å². The lowest BCUT2D eigenvalue weighted by molar-refractivity contribution is 0.111. The monoisotopic (exact) mass is 294 g/mol. The predicted molar refractivity (Wildman–Crippen MR) is 82.2 cm³/mol. The largest absolute Gasteiger partial charge is 0.382 e. The lowest BCUT2D eigenvalue weighted by atomic mass is 10.0. The summed E-state index contributed by atoms with van der Waals surface area (Å²) >= 11 is 0. The smallest absolute Gasteiger partial charge is 0.170 e. The molecule has 3 aromatic heterocycles. The minimum absolute atomic E-state index is 0.179. The van der Waals surface area contributed by atoms with E-state index in [4.69, 9.17) is 5.73 Å². The predicted octanol–water partition coefficient (Wildman–Crippen LogP) is 3.02. The van der Waals surface area contributed by atoms with Crippen molar-refractivity contribution in [2.45, 2.75) is 0 Å². The van der Waals surface area contributed by atoms with Crippen LogP contribution in [-0.2, 0) is 0 Å². The van der Waals surface area contributed by atoms with E-state index in [1.165, 1.54) is 12.1 Å². The molecule has 0 aliphatic carbocycles. The van der Waals surface area contributed by atoms with Crippen LogP contribution in [-0.4, -0.2) is 20.7 Å². The first-order valence-electron chi connectivity index (χ1n) is 6.67. The highest BCUT2D eigenvalue weighted by Gasteiger charge is 2.12. The van der Waals surface area contributed by atoms with Gasteiger partial charge in [-0.05, 0) is 41.5 Å². The molecular formula is C16H11FN4O. The van der Waals surface area contributed by atoms with Crippen molar-refractivity contribution in [2.75, 3.05) is 5.73 Å². The summed E-state index contributed by atoms with van der Waals surface area (Å²) in [5, 5.41) is 0.904. The third kappa shape index (κ3) is 1.70. The molecule has 1 aromatic carbocycles. The average Bonchev–Trinajstić information content (AvgIpc) is 3.08. The van der Waals surface area contributed by atoms with Crippen LogP contribution in [0.25, 0.3) is 27.7 Å². The lowest BCUT2D eigenvalue weighted by Crippen LogP contribution is -1.95. The first-order valence-corrected chi connectivity index (χ1v) is 6.67. The Bertz CT molecular complexity index is 1030. The molecule has 0 bridgehead atoms. The molecule has 22 heavy (non-hydrogen) atoms. The summed E-state index contributed by atoms with van der Waals surface area (Å²) in [6.07, 6.45) is 4.17. The van der Waals surface area contributed by atoms with Gasteiger partial charge in [0.05, 0.1) is 0 Å². The molecule has 4 aromatic rings. The van der Waals surface area contributed by atoms with Gasteiger partial charge in [0.2, 0.25) is 0 Å². The van der Waals surface area contributed by atoms with Crippen molar-refractivity contribution in [3.05, 3.63) is 54.2 Å². The van der Waals surface area contributed by atoms with Crippen LogP contribution in [0.5, 0.6) is 0 Å². The van der Waals surface area contributed by atoms with Gasteiger partial charge in [-0.15, -0.1) is 0 Å². The van der Waals surface area contributed by atoms with E-state index in [0.717, 1.165) is 22.0 Å². The second-order valence-corrected chi connectivity index (χ2v) is 5.04. The molecule has 0 spiro atoms. The Morgan fingerprint density at radius 2 is 2.14 bits per heavy atom. The van der Waals surface area contributed by atoms with E-state index >= 15 is 0 Å². The molecule has 0 unspecified atom stereocenters. The number of hydrogen-bond acceptors (Lipinski definition) is 3. The Balaban J connectivity index is 2.04. The van der Waals surface area contributed by atoms with Crippen LogP contribution in [0.3, 0.4) is 0 Å². The first kappa shape index (κ1) is 12.6. The third-order valence-electron chi connectivity index (χ3n) is 3.74. The molecular weight excluding hydrogens is 283 g/mol.